The highest BCUT2D eigenvalue weighted by Gasteiger charge is 2.27. The van der Waals surface area contributed by atoms with Crippen molar-refractivity contribution >= 4 is 6.03 Å². The summed E-state index contributed by atoms with van der Waals surface area (Å²) in [5.41, 5.74) is -0.188. The first kappa shape index (κ1) is 18.9. The van der Waals surface area contributed by atoms with Gasteiger partial charge in [-0.2, -0.15) is 0 Å². The highest BCUT2D eigenvalue weighted by Crippen LogP contribution is 2.21. The molecule has 25 heavy (non-hydrogen) atoms. The minimum atomic E-state index is -1.26. The van der Waals surface area contributed by atoms with Gasteiger partial charge in [-0.1, -0.05) is 12.1 Å². The topological polar surface area (TPSA) is 83.7 Å². The number of hydrogen-bond acceptors (Lipinski definition) is 4. The van der Waals surface area contributed by atoms with Crippen molar-refractivity contribution < 1.29 is 19.1 Å². The molecule has 2 amide bonds. The Balaban J connectivity index is 1.82. The number of carbonyl (C=O) groups excluding carboxylic acids is 1. The summed E-state index contributed by atoms with van der Waals surface area (Å²) < 4.78 is 10.6. The van der Waals surface area contributed by atoms with E-state index in [4.69, 9.17) is 9.15 Å². The minimum Gasteiger partial charge on any atom is -0.497 e. The van der Waals surface area contributed by atoms with Crippen molar-refractivity contribution in [2.24, 2.45) is 0 Å². The summed E-state index contributed by atoms with van der Waals surface area (Å²) in [5, 5.41) is 16.0. The third-order valence-electron chi connectivity index (χ3n) is 3.92. The fourth-order valence-electron chi connectivity index (χ4n) is 2.54. The SMILES string of the molecule is COc1cccc(CC(C)NC(=O)NCC(C)(O)c2ccc(C)o2)c1. The second-order valence-corrected chi connectivity index (χ2v) is 6.47. The Kier molecular flexibility index (Phi) is 6.09. The number of furan rings is 1. The Hall–Kier alpha value is -2.47. The van der Waals surface area contributed by atoms with Gasteiger partial charge in [0.1, 0.15) is 22.9 Å². The van der Waals surface area contributed by atoms with Crippen LogP contribution in [-0.4, -0.2) is 30.8 Å². The van der Waals surface area contributed by atoms with Gasteiger partial charge >= 0.3 is 6.03 Å². The van der Waals surface area contributed by atoms with Gasteiger partial charge < -0.3 is 24.9 Å². The van der Waals surface area contributed by atoms with Crippen molar-refractivity contribution in [1.82, 2.24) is 10.6 Å². The molecule has 0 aliphatic carbocycles. The molecule has 1 aromatic heterocycles. The van der Waals surface area contributed by atoms with Gasteiger partial charge in [-0.25, -0.2) is 4.79 Å². The van der Waals surface area contributed by atoms with E-state index in [-0.39, 0.29) is 18.6 Å². The predicted molar refractivity (Wildman–Crippen MR) is 95.7 cm³/mol. The zero-order valence-electron chi connectivity index (χ0n) is 15.1. The number of benzene rings is 1. The maximum atomic E-state index is 12.1. The number of methoxy groups -OCH3 is 1. The highest BCUT2D eigenvalue weighted by atomic mass is 16.5. The number of urea groups is 1. The van der Waals surface area contributed by atoms with Gasteiger partial charge in [0.2, 0.25) is 0 Å². The summed E-state index contributed by atoms with van der Waals surface area (Å²) in [6.07, 6.45) is 0.679. The molecule has 6 heteroatoms. The van der Waals surface area contributed by atoms with Crippen LogP contribution < -0.4 is 15.4 Å². The van der Waals surface area contributed by atoms with Gasteiger partial charge in [-0.05, 0) is 57.0 Å². The molecule has 0 radical (unpaired) electrons. The third-order valence-corrected chi connectivity index (χ3v) is 3.92. The van der Waals surface area contributed by atoms with Crippen LogP contribution in [0, 0.1) is 6.92 Å². The average molecular weight is 346 g/mol. The third kappa shape index (κ3) is 5.53. The zero-order valence-corrected chi connectivity index (χ0v) is 15.1. The number of hydrogen-bond donors (Lipinski definition) is 3. The Labute approximate surface area is 148 Å². The molecule has 2 unspecified atom stereocenters. The molecule has 0 bridgehead atoms. The molecule has 0 saturated heterocycles. The predicted octanol–water partition coefficient (Wildman–Crippen LogP) is 2.73. The molecule has 2 rings (SSSR count). The van der Waals surface area contributed by atoms with E-state index in [1.165, 1.54) is 0 Å². The monoisotopic (exact) mass is 346 g/mol. The Bertz CT molecular complexity index is 709. The van der Waals surface area contributed by atoms with Gasteiger partial charge in [-0.15, -0.1) is 0 Å². The molecule has 1 heterocycles. The van der Waals surface area contributed by atoms with Gasteiger partial charge in [0.05, 0.1) is 13.7 Å². The van der Waals surface area contributed by atoms with Gasteiger partial charge in [0.25, 0.3) is 0 Å². The number of aryl methyl sites for hydroxylation is 1. The average Bonchev–Trinajstić information content (AvgIpc) is 3.00. The van der Waals surface area contributed by atoms with E-state index in [1.807, 2.05) is 31.2 Å². The van der Waals surface area contributed by atoms with Crippen LogP contribution in [0.5, 0.6) is 5.75 Å². The number of carbonyl (C=O) groups is 1. The number of aliphatic hydroxyl groups is 1. The summed E-state index contributed by atoms with van der Waals surface area (Å²) >= 11 is 0. The second kappa shape index (κ2) is 8.07. The fraction of sp³-hybridized carbons (Fsp3) is 0.421. The Morgan fingerprint density at radius 2 is 2.12 bits per heavy atom. The lowest BCUT2D eigenvalue weighted by Gasteiger charge is -2.22. The van der Waals surface area contributed by atoms with E-state index in [0.29, 0.717) is 17.9 Å². The summed E-state index contributed by atoms with van der Waals surface area (Å²) in [5.74, 6) is 1.93. The molecule has 136 valence electrons. The maximum absolute atomic E-state index is 12.1. The van der Waals surface area contributed by atoms with Crippen LogP contribution in [0.1, 0.15) is 30.9 Å². The molecule has 1 aromatic carbocycles. The smallest absolute Gasteiger partial charge is 0.315 e. The first-order valence-corrected chi connectivity index (χ1v) is 8.27. The van der Waals surface area contributed by atoms with E-state index >= 15 is 0 Å². The van der Waals surface area contributed by atoms with Crippen molar-refractivity contribution in [3.05, 3.63) is 53.5 Å². The molecule has 2 aromatic rings. The van der Waals surface area contributed by atoms with Crippen molar-refractivity contribution in [2.45, 2.75) is 38.8 Å². The van der Waals surface area contributed by atoms with Crippen LogP contribution in [0.4, 0.5) is 4.79 Å². The molecule has 0 fully saturated rings. The zero-order chi connectivity index (χ0) is 18.4. The summed E-state index contributed by atoms with van der Waals surface area (Å²) in [4.78, 5) is 12.1. The summed E-state index contributed by atoms with van der Waals surface area (Å²) in [7, 11) is 1.63. The minimum absolute atomic E-state index is 0.0532. The fourth-order valence-corrected chi connectivity index (χ4v) is 2.54. The molecular weight excluding hydrogens is 320 g/mol. The number of rotatable bonds is 7. The van der Waals surface area contributed by atoms with Gasteiger partial charge in [0, 0.05) is 6.04 Å². The lowest BCUT2D eigenvalue weighted by molar-refractivity contribution is 0.0359. The standard InChI is InChI=1S/C19H26N2O4/c1-13(10-15-6-5-7-16(11-15)24-4)21-18(22)20-12-19(3,23)17-9-8-14(2)25-17/h5-9,11,13,23H,10,12H2,1-4H3,(H2,20,21,22). The number of amides is 2. The highest BCUT2D eigenvalue weighted by molar-refractivity contribution is 5.74. The second-order valence-electron chi connectivity index (χ2n) is 6.47. The first-order chi connectivity index (χ1) is 11.8. The van der Waals surface area contributed by atoms with Crippen molar-refractivity contribution in [3.63, 3.8) is 0 Å². The van der Waals surface area contributed by atoms with Crippen LogP contribution >= 0.6 is 0 Å². The van der Waals surface area contributed by atoms with E-state index in [0.717, 1.165) is 11.3 Å². The normalized spacial score (nSPS) is 14.4. The molecule has 0 saturated carbocycles. The van der Waals surface area contributed by atoms with Crippen LogP contribution in [-0.2, 0) is 12.0 Å². The van der Waals surface area contributed by atoms with Crippen LogP contribution in [0.3, 0.4) is 0 Å². The van der Waals surface area contributed by atoms with E-state index in [9.17, 15) is 9.90 Å². The van der Waals surface area contributed by atoms with Crippen molar-refractivity contribution in [1.29, 1.82) is 0 Å². The van der Waals surface area contributed by atoms with Crippen LogP contribution in [0.2, 0.25) is 0 Å². The summed E-state index contributed by atoms with van der Waals surface area (Å²) in [6.45, 7) is 5.38. The maximum Gasteiger partial charge on any atom is 0.315 e. The van der Waals surface area contributed by atoms with E-state index in [1.54, 1.807) is 33.1 Å². The van der Waals surface area contributed by atoms with Crippen LogP contribution in [0.25, 0.3) is 0 Å². The van der Waals surface area contributed by atoms with Crippen molar-refractivity contribution in [3.8, 4) is 5.75 Å². The summed E-state index contributed by atoms with van der Waals surface area (Å²) in [6, 6.07) is 10.8. The molecular formula is C19H26N2O4. The Morgan fingerprint density at radius 1 is 1.36 bits per heavy atom. The first-order valence-electron chi connectivity index (χ1n) is 8.27. The largest absolute Gasteiger partial charge is 0.497 e. The molecule has 6 nitrogen and oxygen atoms in total. The lowest BCUT2D eigenvalue weighted by atomic mass is 10.0. The van der Waals surface area contributed by atoms with Gasteiger partial charge in [-0.3, -0.25) is 0 Å². The van der Waals surface area contributed by atoms with Gasteiger partial charge in [0.15, 0.2) is 0 Å². The molecule has 3 N–H and O–H groups in total. The van der Waals surface area contributed by atoms with Crippen molar-refractivity contribution in [2.75, 3.05) is 13.7 Å². The number of ether oxygens (including phenoxy) is 1. The molecule has 0 aliphatic rings. The van der Waals surface area contributed by atoms with E-state index in [2.05, 4.69) is 10.6 Å². The van der Waals surface area contributed by atoms with Crippen LogP contribution in [0.15, 0.2) is 40.8 Å². The molecule has 0 aliphatic heterocycles. The quantitative estimate of drug-likeness (QED) is 0.720. The molecule has 2 atom stereocenters. The number of nitrogens with one attached hydrogen (secondary N) is 2. The Morgan fingerprint density at radius 3 is 2.76 bits per heavy atom. The molecule has 0 spiro atoms. The van der Waals surface area contributed by atoms with E-state index < -0.39 is 5.60 Å². The lowest BCUT2D eigenvalue weighted by Crippen LogP contribution is -2.46.